The maximum atomic E-state index is 13.4. The SMILES string of the molecule is Cc1nc2cccc(CNC(=O)c3ccc([Si])c(Cl)c3)c2c(=O)n1C1CCC(=O)NC1=O. The van der Waals surface area contributed by atoms with Crippen LogP contribution in [-0.4, -0.2) is 37.5 Å². The Morgan fingerprint density at radius 2 is 2.06 bits per heavy atom. The molecule has 1 fully saturated rings. The van der Waals surface area contributed by atoms with Crippen LogP contribution >= 0.6 is 11.6 Å². The number of nitrogens with one attached hydrogen (secondary N) is 2. The second-order valence-corrected chi connectivity index (χ2v) is 8.44. The lowest BCUT2D eigenvalue weighted by molar-refractivity contribution is -0.135. The molecular weight excluding hydrogens is 448 g/mol. The summed E-state index contributed by atoms with van der Waals surface area (Å²) in [5.74, 6) is -0.851. The minimum atomic E-state index is -0.815. The zero-order valence-electron chi connectivity index (χ0n) is 17.1. The molecule has 0 spiro atoms. The number of carbonyl (C=O) groups excluding carboxylic acids is 3. The number of hydrogen-bond acceptors (Lipinski definition) is 5. The van der Waals surface area contributed by atoms with Gasteiger partial charge in [0.2, 0.25) is 11.8 Å². The quantitative estimate of drug-likeness (QED) is 0.442. The Kier molecular flexibility index (Phi) is 5.94. The molecule has 2 aromatic carbocycles. The first-order valence-electron chi connectivity index (χ1n) is 9.90. The summed E-state index contributed by atoms with van der Waals surface area (Å²) in [4.78, 5) is 54.4. The lowest BCUT2D eigenvalue weighted by atomic mass is 10.0. The van der Waals surface area contributed by atoms with E-state index in [1.54, 1.807) is 43.3 Å². The molecule has 161 valence electrons. The third-order valence-electron chi connectivity index (χ3n) is 5.38. The van der Waals surface area contributed by atoms with Gasteiger partial charge in [-0.15, -0.1) is 0 Å². The third-order valence-corrected chi connectivity index (χ3v) is 6.29. The molecule has 32 heavy (non-hydrogen) atoms. The molecule has 0 bridgehead atoms. The number of fused-ring (bicyclic) bond motifs is 1. The van der Waals surface area contributed by atoms with Crippen molar-refractivity contribution >= 4 is 55.7 Å². The fraction of sp³-hybridized carbons (Fsp3) is 0.227. The van der Waals surface area contributed by atoms with Gasteiger partial charge in [-0.2, -0.15) is 0 Å². The van der Waals surface area contributed by atoms with Gasteiger partial charge in [0.05, 0.1) is 21.1 Å². The smallest absolute Gasteiger partial charge is 0.262 e. The predicted octanol–water partition coefficient (Wildman–Crippen LogP) is 1.06. The topological polar surface area (TPSA) is 110 Å². The number of aromatic nitrogens is 2. The first kappa shape index (κ1) is 21.9. The molecule has 10 heteroatoms. The third kappa shape index (κ3) is 4.08. The van der Waals surface area contributed by atoms with Gasteiger partial charge < -0.3 is 5.32 Å². The van der Waals surface area contributed by atoms with Gasteiger partial charge in [0.15, 0.2) is 0 Å². The number of benzene rings is 2. The monoisotopic (exact) mass is 465 g/mol. The highest BCUT2D eigenvalue weighted by molar-refractivity contribution is 6.45. The van der Waals surface area contributed by atoms with E-state index in [-0.39, 0.29) is 31.2 Å². The number of amides is 3. The van der Waals surface area contributed by atoms with E-state index in [1.165, 1.54) is 4.57 Å². The summed E-state index contributed by atoms with van der Waals surface area (Å²) < 4.78 is 1.32. The number of imide groups is 1. The van der Waals surface area contributed by atoms with Crippen molar-refractivity contribution in [2.45, 2.75) is 32.4 Å². The van der Waals surface area contributed by atoms with Crippen LogP contribution in [0, 0.1) is 6.92 Å². The van der Waals surface area contributed by atoms with E-state index in [0.717, 1.165) is 0 Å². The Morgan fingerprint density at radius 3 is 2.78 bits per heavy atom. The van der Waals surface area contributed by atoms with Crippen molar-refractivity contribution in [3.8, 4) is 0 Å². The molecule has 1 aliphatic rings. The Morgan fingerprint density at radius 1 is 1.28 bits per heavy atom. The maximum Gasteiger partial charge on any atom is 0.262 e. The van der Waals surface area contributed by atoms with Crippen LogP contribution in [0.1, 0.15) is 40.6 Å². The molecule has 3 aromatic rings. The van der Waals surface area contributed by atoms with E-state index in [2.05, 4.69) is 25.9 Å². The van der Waals surface area contributed by atoms with E-state index < -0.39 is 17.5 Å². The Labute approximate surface area is 191 Å². The molecule has 4 rings (SSSR count). The van der Waals surface area contributed by atoms with Crippen molar-refractivity contribution in [2.24, 2.45) is 0 Å². The fourth-order valence-corrected chi connectivity index (χ4v) is 4.14. The predicted molar refractivity (Wildman–Crippen MR) is 120 cm³/mol. The van der Waals surface area contributed by atoms with E-state index in [4.69, 9.17) is 11.6 Å². The summed E-state index contributed by atoms with van der Waals surface area (Å²) in [5.41, 5.74) is 1.02. The van der Waals surface area contributed by atoms with Crippen molar-refractivity contribution in [3.63, 3.8) is 0 Å². The molecule has 1 atom stereocenters. The van der Waals surface area contributed by atoms with Crippen molar-refractivity contribution in [1.29, 1.82) is 0 Å². The van der Waals surface area contributed by atoms with Crippen molar-refractivity contribution in [2.75, 3.05) is 0 Å². The van der Waals surface area contributed by atoms with Crippen molar-refractivity contribution in [3.05, 3.63) is 68.7 Å². The van der Waals surface area contributed by atoms with Gasteiger partial charge in [0.25, 0.3) is 11.5 Å². The van der Waals surface area contributed by atoms with Gasteiger partial charge in [-0.1, -0.05) is 29.8 Å². The van der Waals surface area contributed by atoms with Gasteiger partial charge in [-0.25, -0.2) is 4.98 Å². The normalized spacial score (nSPS) is 16.2. The van der Waals surface area contributed by atoms with Gasteiger partial charge in [-0.3, -0.25) is 29.1 Å². The fourth-order valence-electron chi connectivity index (χ4n) is 3.80. The van der Waals surface area contributed by atoms with Crippen molar-refractivity contribution < 1.29 is 14.4 Å². The molecule has 3 radical (unpaired) electrons. The zero-order valence-corrected chi connectivity index (χ0v) is 18.8. The van der Waals surface area contributed by atoms with Crippen molar-refractivity contribution in [1.82, 2.24) is 20.2 Å². The van der Waals surface area contributed by atoms with Gasteiger partial charge >= 0.3 is 0 Å². The molecule has 8 nitrogen and oxygen atoms in total. The lowest BCUT2D eigenvalue weighted by Gasteiger charge is -2.24. The second-order valence-electron chi connectivity index (χ2n) is 7.49. The number of rotatable bonds is 4. The summed E-state index contributed by atoms with van der Waals surface area (Å²) in [6, 6.07) is 9.23. The number of piperidine rings is 1. The number of nitrogens with zero attached hydrogens (tertiary/aromatic N) is 2. The van der Waals surface area contributed by atoms with E-state index in [1.807, 2.05) is 0 Å². The number of aryl methyl sites for hydroxylation is 1. The van der Waals surface area contributed by atoms with Crippen LogP contribution in [0.2, 0.25) is 5.02 Å². The van der Waals surface area contributed by atoms with Gasteiger partial charge in [-0.05, 0) is 42.3 Å². The first-order valence-corrected chi connectivity index (χ1v) is 10.8. The molecular formula is C22H18ClN4O4Si. The molecule has 2 N–H and O–H groups in total. The Hall–Kier alpha value is -3.30. The van der Waals surface area contributed by atoms with Crippen LogP contribution in [0.5, 0.6) is 0 Å². The van der Waals surface area contributed by atoms with E-state index in [0.29, 0.717) is 38.1 Å². The van der Waals surface area contributed by atoms with E-state index in [9.17, 15) is 19.2 Å². The highest BCUT2D eigenvalue weighted by atomic mass is 35.5. The highest BCUT2D eigenvalue weighted by Gasteiger charge is 2.30. The standard InChI is InChI=1S/C22H18ClN4O4Si/c1-11-25-15-4-2-3-13(10-24-20(29)12-5-7-17(32)14(23)9-12)19(15)22(31)27(11)16-6-8-18(28)26-21(16)30/h2-5,7,9,16H,6,8,10H2,1H3,(H,24,29)(H,26,28,30). The van der Waals surface area contributed by atoms with E-state index >= 15 is 0 Å². The van der Waals surface area contributed by atoms with Crippen LogP contribution in [-0.2, 0) is 16.1 Å². The summed E-state index contributed by atoms with van der Waals surface area (Å²) in [6.07, 6.45) is 0.370. The summed E-state index contributed by atoms with van der Waals surface area (Å²) in [7, 11) is 3.34. The summed E-state index contributed by atoms with van der Waals surface area (Å²) >= 11 is 6.07. The Balaban J connectivity index is 1.69. The molecule has 0 aliphatic carbocycles. The molecule has 1 unspecified atom stereocenters. The average Bonchev–Trinajstić information content (AvgIpc) is 2.75. The lowest BCUT2D eigenvalue weighted by Crippen LogP contribution is -2.45. The zero-order chi connectivity index (χ0) is 23.0. The number of carbonyl (C=O) groups is 3. The van der Waals surface area contributed by atoms with Gasteiger partial charge in [0, 0.05) is 23.6 Å². The Bertz CT molecular complexity index is 1340. The van der Waals surface area contributed by atoms with Crippen LogP contribution in [0.15, 0.2) is 41.2 Å². The molecule has 3 amide bonds. The van der Waals surface area contributed by atoms with Crippen LogP contribution in [0.4, 0.5) is 0 Å². The van der Waals surface area contributed by atoms with Crippen LogP contribution in [0.3, 0.4) is 0 Å². The highest BCUT2D eigenvalue weighted by Crippen LogP contribution is 2.21. The molecule has 1 aliphatic heterocycles. The largest absolute Gasteiger partial charge is 0.348 e. The minimum absolute atomic E-state index is 0.0821. The van der Waals surface area contributed by atoms with Gasteiger partial charge in [0.1, 0.15) is 11.9 Å². The van der Waals surface area contributed by atoms with Crippen LogP contribution in [0.25, 0.3) is 10.9 Å². The molecule has 0 saturated carbocycles. The summed E-state index contributed by atoms with van der Waals surface area (Å²) in [6.45, 7) is 1.73. The molecule has 1 aromatic heterocycles. The second kappa shape index (κ2) is 8.68. The first-order chi connectivity index (χ1) is 15.3. The summed E-state index contributed by atoms with van der Waals surface area (Å²) in [5, 5.41) is 6.47. The average molecular weight is 466 g/mol. The van der Waals surface area contributed by atoms with Crippen LogP contribution < -0.4 is 21.4 Å². The molecule has 2 heterocycles. The molecule has 1 saturated heterocycles. The number of hydrogen-bond donors (Lipinski definition) is 2. The number of halogens is 1. The maximum absolute atomic E-state index is 13.4. The minimum Gasteiger partial charge on any atom is -0.348 e.